The highest BCUT2D eigenvalue weighted by Crippen LogP contribution is 2.31. The van der Waals surface area contributed by atoms with E-state index in [1.807, 2.05) is 36.4 Å². The molecule has 4 rings (SSSR count). The van der Waals surface area contributed by atoms with Crippen molar-refractivity contribution in [2.45, 2.75) is 25.1 Å². The Labute approximate surface area is 144 Å². The molecule has 24 heavy (non-hydrogen) atoms. The first kappa shape index (κ1) is 15.3. The first-order chi connectivity index (χ1) is 11.7. The van der Waals surface area contributed by atoms with Crippen LogP contribution < -0.4 is 5.32 Å². The number of nitrogens with one attached hydrogen (secondary N) is 1. The summed E-state index contributed by atoms with van der Waals surface area (Å²) in [6.07, 6.45) is 3.48. The van der Waals surface area contributed by atoms with Crippen LogP contribution >= 0.6 is 11.6 Å². The van der Waals surface area contributed by atoms with Gasteiger partial charge in [0.1, 0.15) is 12.7 Å². The summed E-state index contributed by atoms with van der Waals surface area (Å²) in [5.41, 5.74) is 4.16. The summed E-state index contributed by atoms with van der Waals surface area (Å²) in [6, 6.07) is 13.7. The first-order valence-electron chi connectivity index (χ1n) is 7.85. The summed E-state index contributed by atoms with van der Waals surface area (Å²) < 4.78 is 1.70. The zero-order chi connectivity index (χ0) is 16.5. The molecule has 0 unspecified atom stereocenters. The Morgan fingerprint density at radius 3 is 2.92 bits per heavy atom. The second-order valence-corrected chi connectivity index (χ2v) is 6.38. The van der Waals surface area contributed by atoms with E-state index in [-0.39, 0.29) is 6.04 Å². The van der Waals surface area contributed by atoms with Crippen LogP contribution in [-0.2, 0) is 13.0 Å². The maximum atomic E-state index is 10.5. The highest BCUT2D eigenvalue weighted by atomic mass is 35.5. The van der Waals surface area contributed by atoms with Crippen molar-refractivity contribution < 1.29 is 5.11 Å². The Morgan fingerprint density at radius 2 is 2.12 bits per heavy atom. The van der Waals surface area contributed by atoms with Gasteiger partial charge in [-0.15, -0.1) is 0 Å². The molecule has 0 fully saturated rings. The van der Waals surface area contributed by atoms with Crippen LogP contribution in [0.2, 0.25) is 5.02 Å². The van der Waals surface area contributed by atoms with Crippen molar-refractivity contribution in [1.29, 1.82) is 0 Å². The number of aliphatic hydroxyl groups excluding tert-OH is 1. The van der Waals surface area contributed by atoms with Crippen molar-refractivity contribution >= 4 is 11.6 Å². The van der Waals surface area contributed by atoms with Crippen LogP contribution in [-0.4, -0.2) is 25.9 Å². The van der Waals surface area contributed by atoms with Gasteiger partial charge in [0, 0.05) is 17.6 Å². The molecule has 0 amide bonds. The van der Waals surface area contributed by atoms with Crippen molar-refractivity contribution in [2.75, 3.05) is 0 Å². The zero-order valence-corrected chi connectivity index (χ0v) is 13.7. The molecular formula is C18H17ClN4O. The molecule has 5 nitrogen and oxygen atoms in total. The average molecular weight is 341 g/mol. The summed E-state index contributed by atoms with van der Waals surface area (Å²) in [5, 5.41) is 18.8. The number of halogens is 1. The number of hydrogen-bond donors (Lipinski definition) is 2. The SMILES string of the molecule is O[C@H]1c2ccccc2C[C@H]1NCc1ccc(Cl)cc1-n1cncn1. The fourth-order valence-electron chi connectivity index (χ4n) is 3.23. The molecule has 1 aromatic heterocycles. The van der Waals surface area contributed by atoms with E-state index in [9.17, 15) is 5.11 Å². The van der Waals surface area contributed by atoms with Crippen molar-refractivity contribution in [1.82, 2.24) is 20.1 Å². The lowest BCUT2D eigenvalue weighted by atomic mass is 10.1. The van der Waals surface area contributed by atoms with Crippen LogP contribution in [0.3, 0.4) is 0 Å². The van der Waals surface area contributed by atoms with Crippen molar-refractivity contribution in [3.8, 4) is 5.69 Å². The largest absolute Gasteiger partial charge is 0.387 e. The third kappa shape index (κ3) is 2.82. The molecule has 0 aliphatic heterocycles. The normalized spacial score (nSPS) is 19.4. The quantitative estimate of drug-likeness (QED) is 0.766. The van der Waals surface area contributed by atoms with Crippen LogP contribution in [0.5, 0.6) is 0 Å². The maximum absolute atomic E-state index is 10.5. The fourth-order valence-corrected chi connectivity index (χ4v) is 3.40. The molecule has 1 aliphatic rings. The van der Waals surface area contributed by atoms with Gasteiger partial charge in [-0.25, -0.2) is 9.67 Å². The van der Waals surface area contributed by atoms with Crippen molar-refractivity contribution in [3.05, 3.63) is 76.8 Å². The third-order valence-electron chi connectivity index (χ3n) is 4.46. The van der Waals surface area contributed by atoms with Crippen LogP contribution in [0.15, 0.2) is 55.1 Å². The molecule has 0 saturated carbocycles. The first-order valence-corrected chi connectivity index (χ1v) is 8.23. The number of aliphatic hydroxyl groups is 1. The van der Waals surface area contributed by atoms with Gasteiger partial charge in [0.05, 0.1) is 11.8 Å². The summed E-state index contributed by atoms with van der Waals surface area (Å²) in [4.78, 5) is 3.99. The van der Waals surface area contributed by atoms with Gasteiger partial charge in [-0.3, -0.25) is 0 Å². The number of hydrogen-bond acceptors (Lipinski definition) is 4. The molecule has 3 aromatic rings. The van der Waals surface area contributed by atoms with Gasteiger partial charge in [-0.1, -0.05) is 41.9 Å². The molecule has 2 aromatic carbocycles. The van der Waals surface area contributed by atoms with Crippen molar-refractivity contribution in [2.24, 2.45) is 0 Å². The van der Waals surface area contributed by atoms with E-state index in [1.54, 1.807) is 11.0 Å². The van der Waals surface area contributed by atoms with E-state index in [1.165, 1.54) is 11.9 Å². The Morgan fingerprint density at radius 1 is 1.25 bits per heavy atom. The van der Waals surface area contributed by atoms with E-state index in [0.29, 0.717) is 11.6 Å². The molecule has 1 heterocycles. The molecule has 0 bridgehead atoms. The third-order valence-corrected chi connectivity index (χ3v) is 4.70. The minimum absolute atomic E-state index is 0.00155. The van der Waals surface area contributed by atoms with Gasteiger partial charge < -0.3 is 10.4 Å². The number of benzene rings is 2. The number of fused-ring (bicyclic) bond motifs is 1. The van der Waals surface area contributed by atoms with Gasteiger partial charge in [0.2, 0.25) is 0 Å². The Balaban J connectivity index is 1.53. The summed E-state index contributed by atoms with van der Waals surface area (Å²) in [6.45, 7) is 0.613. The second-order valence-electron chi connectivity index (χ2n) is 5.95. The minimum atomic E-state index is -0.483. The predicted octanol–water partition coefficient (Wildman–Crippen LogP) is 2.67. The summed E-state index contributed by atoms with van der Waals surface area (Å²) >= 11 is 6.12. The minimum Gasteiger partial charge on any atom is -0.387 e. The molecule has 2 N–H and O–H groups in total. The highest BCUT2D eigenvalue weighted by Gasteiger charge is 2.30. The van der Waals surface area contributed by atoms with E-state index in [2.05, 4.69) is 21.5 Å². The van der Waals surface area contributed by atoms with Gasteiger partial charge in [-0.05, 0) is 35.2 Å². The Hall–Kier alpha value is -2.21. The van der Waals surface area contributed by atoms with E-state index >= 15 is 0 Å². The number of nitrogens with zero attached hydrogens (tertiary/aromatic N) is 3. The van der Waals surface area contributed by atoms with Crippen LogP contribution in [0, 0.1) is 0 Å². The smallest absolute Gasteiger partial charge is 0.138 e. The van der Waals surface area contributed by atoms with Gasteiger partial charge in [0.15, 0.2) is 0 Å². The van der Waals surface area contributed by atoms with Crippen molar-refractivity contribution in [3.63, 3.8) is 0 Å². The summed E-state index contributed by atoms with van der Waals surface area (Å²) in [5.74, 6) is 0. The van der Waals surface area contributed by atoms with E-state index in [0.717, 1.165) is 23.2 Å². The van der Waals surface area contributed by atoms with E-state index in [4.69, 9.17) is 11.6 Å². The maximum Gasteiger partial charge on any atom is 0.138 e. The van der Waals surface area contributed by atoms with Crippen LogP contribution in [0.25, 0.3) is 5.69 Å². The van der Waals surface area contributed by atoms with Gasteiger partial charge in [0.25, 0.3) is 0 Å². The second kappa shape index (κ2) is 6.36. The van der Waals surface area contributed by atoms with Crippen LogP contribution in [0.4, 0.5) is 0 Å². The lowest BCUT2D eigenvalue weighted by Crippen LogP contribution is -2.32. The van der Waals surface area contributed by atoms with Crippen LogP contribution in [0.1, 0.15) is 22.8 Å². The van der Waals surface area contributed by atoms with E-state index < -0.39 is 6.10 Å². The van der Waals surface area contributed by atoms with Gasteiger partial charge in [-0.2, -0.15) is 5.10 Å². The standard InChI is InChI=1S/C18H17ClN4O/c19-14-6-5-13(17(8-14)23-11-20-10-22-23)9-21-16-7-12-3-1-2-4-15(12)18(16)24/h1-6,8,10-11,16,18,21,24H,7,9H2/t16-,18+/m1/s1. The fraction of sp³-hybridized carbons (Fsp3) is 0.222. The highest BCUT2D eigenvalue weighted by molar-refractivity contribution is 6.30. The monoisotopic (exact) mass is 340 g/mol. The topological polar surface area (TPSA) is 63.0 Å². The lowest BCUT2D eigenvalue weighted by molar-refractivity contribution is 0.141. The van der Waals surface area contributed by atoms with Gasteiger partial charge >= 0.3 is 0 Å². The zero-order valence-electron chi connectivity index (χ0n) is 12.9. The summed E-state index contributed by atoms with van der Waals surface area (Å²) in [7, 11) is 0. The lowest BCUT2D eigenvalue weighted by Gasteiger charge is -2.18. The molecule has 0 radical (unpaired) electrons. The average Bonchev–Trinajstić information content (AvgIpc) is 3.23. The molecule has 122 valence electrons. The Kier molecular flexibility index (Phi) is 4.06. The molecular weight excluding hydrogens is 324 g/mol. The molecule has 0 spiro atoms. The molecule has 1 aliphatic carbocycles. The Bertz CT molecular complexity index is 850. The molecule has 0 saturated heterocycles. The molecule has 2 atom stereocenters. The number of aromatic nitrogens is 3. The number of rotatable bonds is 4. The molecule has 6 heteroatoms. The predicted molar refractivity (Wildman–Crippen MR) is 92.1 cm³/mol.